The number of fused-ring (bicyclic) bond motifs is 1. The van der Waals surface area contributed by atoms with E-state index in [0.717, 1.165) is 24.0 Å². The van der Waals surface area contributed by atoms with Crippen LogP contribution < -0.4 is 15.8 Å². The van der Waals surface area contributed by atoms with Crippen LogP contribution in [-0.4, -0.2) is 46.5 Å². The molecule has 3 N–H and O–H groups in total. The number of nitrogens with two attached hydrogens (primary N) is 1. The molecule has 2 aromatic carbocycles. The molecule has 1 saturated heterocycles. The van der Waals surface area contributed by atoms with Crippen molar-refractivity contribution in [2.24, 2.45) is 11.7 Å². The molecule has 1 aliphatic carbocycles. The van der Waals surface area contributed by atoms with Crippen LogP contribution in [0.3, 0.4) is 0 Å². The number of carbonyl (C=O) groups excluding carboxylic acids is 3. The summed E-state index contributed by atoms with van der Waals surface area (Å²) in [5, 5.41) is 2.72. The number of ether oxygens (including phenoxy) is 2. The van der Waals surface area contributed by atoms with Crippen molar-refractivity contribution in [2.45, 2.75) is 70.4 Å². The Bertz CT molecular complexity index is 1060. The van der Waals surface area contributed by atoms with Gasteiger partial charge in [0.1, 0.15) is 30.0 Å². The average Bonchev–Trinajstić information content (AvgIpc) is 2.78. The number of nitrogens with zero attached hydrogens (tertiary/aromatic N) is 1. The molecule has 8 nitrogen and oxygen atoms in total. The van der Waals surface area contributed by atoms with Crippen molar-refractivity contribution < 1.29 is 23.9 Å². The zero-order valence-corrected chi connectivity index (χ0v) is 20.4. The minimum absolute atomic E-state index is 0.0108. The highest BCUT2D eigenvalue weighted by atomic mass is 16.6. The number of hydrogen-bond acceptors (Lipinski definition) is 5. The van der Waals surface area contributed by atoms with Gasteiger partial charge in [-0.1, -0.05) is 42.5 Å². The standard InChI is InChI=1S/C27H33N3O5/c1-27(2,3)35-26(33)29-21(25(32)30-22-14-13-20(22)23(30)24(28)31)15-17-9-11-19(12-10-17)34-16-18-7-5-4-6-8-18/h4-12,20-23H,13-16H2,1-3H3,(H2,28,31)(H,29,33). The van der Waals surface area contributed by atoms with Gasteiger partial charge in [-0.3, -0.25) is 9.59 Å². The van der Waals surface area contributed by atoms with Gasteiger partial charge in [0.25, 0.3) is 0 Å². The number of likely N-dealkylation sites (tertiary alicyclic amines) is 1. The van der Waals surface area contributed by atoms with Crippen molar-refractivity contribution in [2.75, 3.05) is 0 Å². The second-order valence-electron chi connectivity index (χ2n) is 10.2. The molecule has 1 saturated carbocycles. The minimum atomic E-state index is -0.885. The fourth-order valence-electron chi connectivity index (χ4n) is 4.71. The third-order valence-corrected chi connectivity index (χ3v) is 6.50. The second-order valence-corrected chi connectivity index (χ2v) is 10.2. The van der Waals surface area contributed by atoms with Gasteiger partial charge in [0, 0.05) is 18.4 Å². The number of rotatable bonds is 8. The molecular weight excluding hydrogens is 446 g/mol. The Balaban J connectivity index is 1.45. The van der Waals surface area contributed by atoms with Gasteiger partial charge in [-0.25, -0.2) is 4.79 Å². The predicted molar refractivity (Wildman–Crippen MR) is 130 cm³/mol. The lowest BCUT2D eigenvalue weighted by Crippen LogP contribution is -2.76. The number of carbonyl (C=O) groups is 3. The molecule has 0 aromatic heterocycles. The molecular formula is C27H33N3O5. The fraction of sp³-hybridized carbons (Fsp3) is 0.444. The van der Waals surface area contributed by atoms with Gasteiger partial charge in [-0.05, 0) is 56.9 Å². The first kappa shape index (κ1) is 24.6. The molecule has 3 amide bonds. The molecule has 0 spiro atoms. The Labute approximate surface area is 205 Å². The van der Waals surface area contributed by atoms with Gasteiger partial charge >= 0.3 is 6.09 Å². The lowest BCUT2D eigenvalue weighted by Gasteiger charge is -2.60. The van der Waals surface area contributed by atoms with Gasteiger partial charge in [0.2, 0.25) is 11.8 Å². The molecule has 186 valence electrons. The molecule has 0 bridgehead atoms. The van der Waals surface area contributed by atoms with E-state index in [4.69, 9.17) is 15.2 Å². The van der Waals surface area contributed by atoms with Crippen LogP contribution in [-0.2, 0) is 27.4 Å². The van der Waals surface area contributed by atoms with Gasteiger partial charge in [-0.2, -0.15) is 0 Å². The second kappa shape index (κ2) is 9.98. The fourth-order valence-corrected chi connectivity index (χ4v) is 4.71. The maximum Gasteiger partial charge on any atom is 0.408 e. The molecule has 8 heteroatoms. The highest BCUT2D eigenvalue weighted by Crippen LogP contribution is 2.47. The molecule has 35 heavy (non-hydrogen) atoms. The van der Waals surface area contributed by atoms with Crippen LogP contribution in [0, 0.1) is 5.92 Å². The quantitative estimate of drug-likeness (QED) is 0.604. The first-order valence-electron chi connectivity index (χ1n) is 12.0. The van der Waals surface area contributed by atoms with Crippen molar-refractivity contribution in [3.63, 3.8) is 0 Å². The van der Waals surface area contributed by atoms with E-state index in [9.17, 15) is 14.4 Å². The lowest BCUT2D eigenvalue weighted by atomic mass is 9.64. The Morgan fingerprint density at radius 2 is 1.71 bits per heavy atom. The molecule has 0 radical (unpaired) electrons. The first-order chi connectivity index (χ1) is 16.6. The van der Waals surface area contributed by atoms with Gasteiger partial charge in [-0.15, -0.1) is 0 Å². The zero-order valence-electron chi connectivity index (χ0n) is 20.4. The number of primary amides is 1. The van der Waals surface area contributed by atoms with E-state index in [2.05, 4.69) is 5.32 Å². The number of amides is 3. The Morgan fingerprint density at radius 1 is 1.03 bits per heavy atom. The summed E-state index contributed by atoms with van der Waals surface area (Å²) in [5.74, 6) is 0.00866. The molecule has 1 heterocycles. The lowest BCUT2D eigenvalue weighted by molar-refractivity contribution is -0.176. The smallest absolute Gasteiger partial charge is 0.408 e. The number of alkyl carbamates (subject to hydrolysis) is 1. The van der Waals surface area contributed by atoms with Crippen molar-refractivity contribution in [3.8, 4) is 5.75 Å². The highest BCUT2D eigenvalue weighted by molar-refractivity contribution is 5.93. The molecule has 2 aromatic rings. The summed E-state index contributed by atoms with van der Waals surface area (Å²) in [6, 6.07) is 15.8. The van der Waals surface area contributed by atoms with Crippen LogP contribution in [0.5, 0.6) is 5.75 Å². The number of nitrogens with one attached hydrogen (secondary N) is 1. The third-order valence-electron chi connectivity index (χ3n) is 6.50. The maximum absolute atomic E-state index is 13.5. The van der Waals surface area contributed by atoms with E-state index >= 15 is 0 Å². The Hall–Kier alpha value is -3.55. The maximum atomic E-state index is 13.5. The SMILES string of the molecule is CC(C)(C)OC(=O)NC(Cc1ccc(OCc2ccccc2)cc1)C(=O)N1C2CCC2C1C(N)=O. The van der Waals surface area contributed by atoms with Crippen molar-refractivity contribution >= 4 is 17.9 Å². The van der Waals surface area contributed by atoms with Crippen molar-refractivity contribution in [1.82, 2.24) is 10.2 Å². The molecule has 4 rings (SSSR count). The zero-order chi connectivity index (χ0) is 25.2. The van der Waals surface area contributed by atoms with Crippen LogP contribution >= 0.6 is 0 Å². The topological polar surface area (TPSA) is 111 Å². The van der Waals surface area contributed by atoms with E-state index < -0.39 is 29.7 Å². The summed E-state index contributed by atoms with van der Waals surface area (Å²) < 4.78 is 11.2. The Morgan fingerprint density at radius 3 is 2.29 bits per heavy atom. The minimum Gasteiger partial charge on any atom is -0.489 e. The normalized spacial score (nSPS) is 21.6. The molecule has 4 unspecified atom stereocenters. The molecule has 2 fully saturated rings. The summed E-state index contributed by atoms with van der Waals surface area (Å²) in [6.45, 7) is 5.73. The number of hydrogen-bond donors (Lipinski definition) is 2. The van der Waals surface area contributed by atoms with Crippen molar-refractivity contribution in [1.29, 1.82) is 0 Å². The Kier molecular flexibility index (Phi) is 7.00. The van der Waals surface area contributed by atoms with Crippen LogP contribution in [0.1, 0.15) is 44.7 Å². The monoisotopic (exact) mass is 479 g/mol. The van der Waals surface area contributed by atoms with E-state index in [1.54, 1.807) is 25.7 Å². The average molecular weight is 480 g/mol. The first-order valence-corrected chi connectivity index (χ1v) is 12.0. The molecule has 4 atom stereocenters. The van der Waals surface area contributed by atoms with E-state index in [-0.39, 0.29) is 24.3 Å². The van der Waals surface area contributed by atoms with Crippen LogP contribution in [0.25, 0.3) is 0 Å². The molecule has 1 aliphatic heterocycles. The third kappa shape index (κ3) is 5.75. The summed E-state index contributed by atoms with van der Waals surface area (Å²) in [6.07, 6.45) is 1.29. The summed E-state index contributed by atoms with van der Waals surface area (Å²) in [4.78, 5) is 39.5. The van der Waals surface area contributed by atoms with Crippen LogP contribution in [0.4, 0.5) is 4.79 Å². The van der Waals surface area contributed by atoms with E-state index in [0.29, 0.717) is 12.4 Å². The molecule has 2 aliphatic rings. The van der Waals surface area contributed by atoms with Gasteiger partial charge in [0.05, 0.1) is 0 Å². The summed E-state index contributed by atoms with van der Waals surface area (Å²) >= 11 is 0. The van der Waals surface area contributed by atoms with Gasteiger partial charge < -0.3 is 25.4 Å². The van der Waals surface area contributed by atoms with Crippen LogP contribution in [0.15, 0.2) is 54.6 Å². The summed E-state index contributed by atoms with van der Waals surface area (Å²) in [7, 11) is 0. The predicted octanol–water partition coefficient (Wildman–Crippen LogP) is 3.18. The van der Waals surface area contributed by atoms with Gasteiger partial charge in [0.15, 0.2) is 0 Å². The number of benzene rings is 2. The highest BCUT2D eigenvalue weighted by Gasteiger charge is 2.59. The van der Waals surface area contributed by atoms with Crippen LogP contribution in [0.2, 0.25) is 0 Å². The number of piperidine rings is 1. The summed E-state index contributed by atoms with van der Waals surface area (Å²) in [5.41, 5.74) is 6.78. The van der Waals surface area contributed by atoms with E-state index in [1.807, 2.05) is 54.6 Å². The largest absolute Gasteiger partial charge is 0.489 e. The van der Waals surface area contributed by atoms with E-state index in [1.165, 1.54) is 0 Å². The van der Waals surface area contributed by atoms with Crippen molar-refractivity contribution in [3.05, 3.63) is 65.7 Å².